The Balaban J connectivity index is 1.51. The number of nitrogens with one attached hydrogen (secondary N) is 1. The van der Waals surface area contributed by atoms with Crippen molar-refractivity contribution in [1.29, 1.82) is 0 Å². The Hall–Kier alpha value is -2.47. The number of piperidine rings is 1. The van der Waals surface area contributed by atoms with Crippen LogP contribution in [0.4, 0.5) is 11.6 Å². The minimum Gasteiger partial charge on any atom is -0.441 e. The van der Waals surface area contributed by atoms with Gasteiger partial charge in [-0.25, -0.2) is 4.99 Å². The van der Waals surface area contributed by atoms with Gasteiger partial charge < -0.3 is 14.6 Å². The van der Waals surface area contributed by atoms with Crippen LogP contribution in [0.15, 0.2) is 44.6 Å². The molecule has 1 N–H and O–H groups in total. The van der Waals surface area contributed by atoms with Gasteiger partial charge in [-0.1, -0.05) is 12.1 Å². The molecule has 1 aromatic carbocycles. The van der Waals surface area contributed by atoms with Crippen molar-refractivity contribution in [3.05, 3.63) is 52.1 Å². The molecule has 0 aliphatic carbocycles. The lowest BCUT2D eigenvalue weighted by atomic mass is 10.1. The van der Waals surface area contributed by atoms with Gasteiger partial charge in [0, 0.05) is 25.2 Å². The van der Waals surface area contributed by atoms with E-state index < -0.39 is 0 Å². The molecule has 2 aliphatic heterocycles. The second-order valence-corrected chi connectivity index (χ2v) is 7.96. The third kappa shape index (κ3) is 3.95. The Labute approximate surface area is 163 Å². The molecule has 0 saturated carbocycles. The summed E-state index contributed by atoms with van der Waals surface area (Å²) in [5.41, 5.74) is 3.18. The fourth-order valence-electron chi connectivity index (χ4n) is 3.28. The van der Waals surface area contributed by atoms with E-state index >= 15 is 0 Å². The molecule has 0 spiro atoms. The standard InChI is InChI=1S/C21H23N3O2S/c1-14-7-6-8-17(15(14)2)22-21-23-20(25)18(27-21)13-16-9-10-19(26-16)24-11-4-3-5-12-24/h6-10,13H,3-5,11-12H2,1-2H3,(H,22,23,25)/b18-13-. The predicted molar refractivity (Wildman–Crippen MR) is 111 cm³/mol. The minimum absolute atomic E-state index is 0.139. The maximum absolute atomic E-state index is 12.3. The zero-order valence-electron chi connectivity index (χ0n) is 15.6. The summed E-state index contributed by atoms with van der Waals surface area (Å²) in [4.78, 5) is 19.8. The maximum Gasteiger partial charge on any atom is 0.264 e. The van der Waals surface area contributed by atoms with Gasteiger partial charge in [-0.15, -0.1) is 0 Å². The topological polar surface area (TPSA) is 57.8 Å². The number of hydrogen-bond acceptors (Lipinski definition) is 5. The van der Waals surface area contributed by atoms with E-state index in [-0.39, 0.29) is 5.91 Å². The van der Waals surface area contributed by atoms with Crippen LogP contribution in [0.25, 0.3) is 6.08 Å². The Kier molecular flexibility index (Phi) is 5.07. The van der Waals surface area contributed by atoms with Crippen molar-refractivity contribution >= 4 is 40.5 Å². The van der Waals surface area contributed by atoms with Crippen molar-refractivity contribution in [1.82, 2.24) is 5.32 Å². The summed E-state index contributed by atoms with van der Waals surface area (Å²) in [6.07, 6.45) is 5.48. The van der Waals surface area contributed by atoms with Crippen LogP contribution in [0.3, 0.4) is 0 Å². The summed E-state index contributed by atoms with van der Waals surface area (Å²) in [5.74, 6) is 1.44. The van der Waals surface area contributed by atoms with Crippen molar-refractivity contribution in [3.8, 4) is 0 Å². The number of hydrogen-bond donors (Lipinski definition) is 1. The molecule has 0 bridgehead atoms. The van der Waals surface area contributed by atoms with Gasteiger partial charge in [0.05, 0.1) is 10.6 Å². The molecule has 27 heavy (non-hydrogen) atoms. The fourth-order valence-corrected chi connectivity index (χ4v) is 4.09. The Bertz CT molecular complexity index is 923. The number of carbonyl (C=O) groups excluding carboxylic acids is 1. The van der Waals surface area contributed by atoms with Crippen molar-refractivity contribution in [3.63, 3.8) is 0 Å². The number of amidine groups is 1. The molecule has 140 valence electrons. The molecule has 2 saturated heterocycles. The summed E-state index contributed by atoms with van der Waals surface area (Å²) < 4.78 is 5.94. The van der Waals surface area contributed by atoms with Gasteiger partial charge >= 0.3 is 0 Å². The first-order valence-corrected chi connectivity index (χ1v) is 10.1. The number of thioether (sulfide) groups is 1. The largest absolute Gasteiger partial charge is 0.441 e. The van der Waals surface area contributed by atoms with Crippen LogP contribution in [0.5, 0.6) is 0 Å². The summed E-state index contributed by atoms with van der Waals surface area (Å²) >= 11 is 1.34. The Morgan fingerprint density at radius 3 is 2.78 bits per heavy atom. The molecule has 2 aromatic rings. The van der Waals surface area contributed by atoms with E-state index in [0.717, 1.165) is 30.2 Å². The number of anilines is 1. The van der Waals surface area contributed by atoms with E-state index in [1.54, 1.807) is 6.08 Å². The first kappa shape index (κ1) is 17.9. The van der Waals surface area contributed by atoms with E-state index in [4.69, 9.17) is 4.42 Å². The number of carbonyl (C=O) groups is 1. The van der Waals surface area contributed by atoms with Crippen LogP contribution in [0.1, 0.15) is 36.1 Å². The first-order valence-electron chi connectivity index (χ1n) is 9.31. The quantitative estimate of drug-likeness (QED) is 0.778. The number of rotatable bonds is 3. The lowest BCUT2D eigenvalue weighted by Gasteiger charge is -2.25. The number of aryl methyl sites for hydroxylation is 1. The molecule has 0 atom stereocenters. The van der Waals surface area contributed by atoms with Crippen LogP contribution < -0.4 is 10.2 Å². The minimum atomic E-state index is -0.139. The van der Waals surface area contributed by atoms with Crippen LogP contribution >= 0.6 is 11.8 Å². The van der Waals surface area contributed by atoms with Crippen LogP contribution in [0, 0.1) is 13.8 Å². The molecule has 4 rings (SSSR count). The lowest BCUT2D eigenvalue weighted by molar-refractivity contribution is -0.115. The van der Waals surface area contributed by atoms with Crippen molar-refractivity contribution < 1.29 is 9.21 Å². The highest BCUT2D eigenvalue weighted by Crippen LogP contribution is 2.31. The Morgan fingerprint density at radius 2 is 1.96 bits per heavy atom. The molecule has 2 aliphatic rings. The molecule has 5 nitrogen and oxygen atoms in total. The van der Waals surface area contributed by atoms with Gasteiger partial charge in [0.1, 0.15) is 5.76 Å². The maximum atomic E-state index is 12.3. The highest BCUT2D eigenvalue weighted by molar-refractivity contribution is 8.18. The average molecular weight is 382 g/mol. The summed E-state index contributed by atoms with van der Waals surface area (Å²) in [7, 11) is 0. The highest BCUT2D eigenvalue weighted by atomic mass is 32.2. The molecular weight excluding hydrogens is 358 g/mol. The van der Waals surface area contributed by atoms with Gasteiger partial charge in [0.15, 0.2) is 11.1 Å². The van der Waals surface area contributed by atoms with E-state index in [1.807, 2.05) is 31.2 Å². The van der Waals surface area contributed by atoms with E-state index in [2.05, 4.69) is 28.2 Å². The number of aliphatic imine (C=N–C) groups is 1. The molecule has 6 heteroatoms. The summed E-state index contributed by atoms with van der Waals surface area (Å²) in [6.45, 7) is 6.16. The van der Waals surface area contributed by atoms with Gasteiger partial charge in [0.25, 0.3) is 5.91 Å². The molecule has 0 unspecified atom stereocenters. The van der Waals surface area contributed by atoms with Crippen LogP contribution in [-0.2, 0) is 4.79 Å². The van der Waals surface area contributed by atoms with E-state index in [9.17, 15) is 4.79 Å². The molecule has 1 aromatic heterocycles. The molecule has 3 heterocycles. The average Bonchev–Trinajstić information content (AvgIpc) is 3.27. The summed E-state index contributed by atoms with van der Waals surface area (Å²) in [5, 5.41) is 3.44. The number of furan rings is 1. The van der Waals surface area contributed by atoms with Crippen molar-refractivity contribution in [2.75, 3.05) is 18.0 Å². The second kappa shape index (κ2) is 7.64. The smallest absolute Gasteiger partial charge is 0.264 e. The molecule has 0 radical (unpaired) electrons. The lowest BCUT2D eigenvalue weighted by Crippen LogP contribution is -2.28. The number of nitrogens with zero attached hydrogens (tertiary/aromatic N) is 2. The SMILES string of the molecule is Cc1cccc(N=C2NC(=O)/C(=C/c3ccc(N4CCCCC4)o3)S2)c1C. The zero-order valence-corrected chi connectivity index (χ0v) is 16.4. The third-order valence-corrected chi connectivity index (χ3v) is 5.91. The molecule has 1 amide bonds. The molecule has 2 fully saturated rings. The van der Waals surface area contributed by atoms with E-state index in [0.29, 0.717) is 15.8 Å². The zero-order chi connectivity index (χ0) is 18.8. The van der Waals surface area contributed by atoms with Crippen LogP contribution in [0.2, 0.25) is 0 Å². The van der Waals surface area contributed by atoms with Crippen molar-refractivity contribution in [2.24, 2.45) is 4.99 Å². The number of amides is 1. The van der Waals surface area contributed by atoms with Gasteiger partial charge in [-0.05, 0) is 68.1 Å². The van der Waals surface area contributed by atoms with Gasteiger partial charge in [-0.2, -0.15) is 0 Å². The van der Waals surface area contributed by atoms with Gasteiger partial charge in [0.2, 0.25) is 0 Å². The predicted octanol–water partition coefficient (Wildman–Crippen LogP) is 4.78. The van der Waals surface area contributed by atoms with Crippen LogP contribution in [-0.4, -0.2) is 24.2 Å². The second-order valence-electron chi connectivity index (χ2n) is 6.92. The normalized spacial score (nSPS) is 20.5. The van der Waals surface area contributed by atoms with E-state index in [1.165, 1.54) is 36.6 Å². The summed E-state index contributed by atoms with van der Waals surface area (Å²) in [6, 6.07) is 9.90. The third-order valence-electron chi connectivity index (χ3n) is 5.00. The highest BCUT2D eigenvalue weighted by Gasteiger charge is 2.25. The van der Waals surface area contributed by atoms with Gasteiger partial charge in [-0.3, -0.25) is 4.79 Å². The monoisotopic (exact) mass is 381 g/mol. The Morgan fingerprint density at radius 1 is 1.15 bits per heavy atom. The van der Waals surface area contributed by atoms with Crippen molar-refractivity contribution in [2.45, 2.75) is 33.1 Å². The first-order chi connectivity index (χ1) is 13.1. The number of benzene rings is 1. The fraction of sp³-hybridized carbons (Fsp3) is 0.333. The molecular formula is C21H23N3O2S.